The molecule has 8 nitrogen and oxygen atoms in total. The highest BCUT2D eigenvalue weighted by molar-refractivity contribution is 5.94. The highest BCUT2D eigenvalue weighted by Gasteiger charge is 2.31. The normalized spacial score (nSPS) is 16.2. The van der Waals surface area contributed by atoms with Crippen LogP contribution >= 0.6 is 0 Å². The van der Waals surface area contributed by atoms with Crippen LogP contribution in [0, 0.1) is 0 Å². The van der Waals surface area contributed by atoms with Crippen LogP contribution in [0.4, 0.5) is 0 Å². The number of hydrogen-bond acceptors (Lipinski definition) is 6. The van der Waals surface area contributed by atoms with Crippen LogP contribution in [-0.4, -0.2) is 42.1 Å². The molecule has 1 aliphatic rings. The van der Waals surface area contributed by atoms with Crippen molar-refractivity contribution in [3.05, 3.63) is 66.1 Å². The summed E-state index contributed by atoms with van der Waals surface area (Å²) in [6.07, 6.45) is 4.92. The van der Waals surface area contributed by atoms with E-state index in [4.69, 9.17) is 4.74 Å². The Morgan fingerprint density at radius 1 is 1.19 bits per heavy atom. The lowest BCUT2D eigenvalue weighted by atomic mass is 10.1. The zero-order valence-corrected chi connectivity index (χ0v) is 14.3. The van der Waals surface area contributed by atoms with Crippen molar-refractivity contribution in [2.45, 2.75) is 26.1 Å². The quantitative estimate of drug-likeness (QED) is 0.714. The first-order chi connectivity index (χ1) is 12.7. The summed E-state index contributed by atoms with van der Waals surface area (Å²) in [5.74, 6) is 1.98. The summed E-state index contributed by atoms with van der Waals surface area (Å²) in [6.45, 7) is 3.45. The molecule has 132 valence electrons. The average molecular weight is 350 g/mol. The Morgan fingerprint density at radius 3 is 2.88 bits per heavy atom. The summed E-state index contributed by atoms with van der Waals surface area (Å²) in [7, 11) is 0. The van der Waals surface area contributed by atoms with Crippen molar-refractivity contribution in [3.63, 3.8) is 0 Å². The van der Waals surface area contributed by atoms with E-state index >= 15 is 0 Å². The van der Waals surface area contributed by atoms with Gasteiger partial charge < -0.3 is 14.2 Å². The van der Waals surface area contributed by atoms with Crippen LogP contribution in [0.5, 0.6) is 5.88 Å². The molecule has 4 heterocycles. The van der Waals surface area contributed by atoms with Crippen molar-refractivity contribution in [1.29, 1.82) is 0 Å². The van der Waals surface area contributed by atoms with Gasteiger partial charge in [0.15, 0.2) is 11.6 Å². The number of amides is 1. The van der Waals surface area contributed by atoms with E-state index in [1.165, 1.54) is 0 Å². The molecule has 0 aromatic carbocycles. The second-order valence-corrected chi connectivity index (χ2v) is 6.00. The molecule has 0 aliphatic carbocycles. The summed E-state index contributed by atoms with van der Waals surface area (Å²) >= 11 is 0. The van der Waals surface area contributed by atoms with Crippen LogP contribution in [0.15, 0.2) is 48.9 Å². The van der Waals surface area contributed by atoms with E-state index in [0.717, 1.165) is 11.6 Å². The van der Waals surface area contributed by atoms with Crippen LogP contribution in [0.3, 0.4) is 0 Å². The molecule has 4 rings (SSSR count). The van der Waals surface area contributed by atoms with Crippen LogP contribution in [0.2, 0.25) is 0 Å². The standard InChI is InChI=1S/C18H18N6O2/c1-13-17-22-21-15(12-26-16-6-2-3-8-20-16)24(17)10-9-23(13)18(25)14-5-4-7-19-11-14/h2-8,11,13H,9-10,12H2,1H3. The fourth-order valence-corrected chi connectivity index (χ4v) is 3.05. The van der Waals surface area contributed by atoms with Crippen LogP contribution in [0.25, 0.3) is 0 Å². The lowest BCUT2D eigenvalue weighted by molar-refractivity contribution is 0.0634. The number of carbonyl (C=O) groups excluding carboxylic acids is 1. The number of fused-ring (bicyclic) bond motifs is 1. The lowest BCUT2D eigenvalue weighted by Crippen LogP contribution is -2.41. The Balaban J connectivity index is 1.50. The summed E-state index contributed by atoms with van der Waals surface area (Å²) in [5, 5.41) is 8.52. The van der Waals surface area contributed by atoms with E-state index < -0.39 is 0 Å². The minimum Gasteiger partial charge on any atom is -0.469 e. The van der Waals surface area contributed by atoms with Gasteiger partial charge in [0.25, 0.3) is 5.91 Å². The second kappa shape index (κ2) is 6.91. The minimum absolute atomic E-state index is 0.0499. The first-order valence-electron chi connectivity index (χ1n) is 8.41. The highest BCUT2D eigenvalue weighted by atomic mass is 16.5. The van der Waals surface area contributed by atoms with Gasteiger partial charge in [-0.3, -0.25) is 9.78 Å². The molecule has 1 atom stereocenters. The third-order valence-electron chi connectivity index (χ3n) is 4.42. The Bertz CT molecular complexity index is 897. The molecule has 0 fully saturated rings. The molecule has 0 saturated heterocycles. The summed E-state index contributed by atoms with van der Waals surface area (Å²) in [4.78, 5) is 22.7. The summed E-state index contributed by atoms with van der Waals surface area (Å²) in [6, 6.07) is 8.86. The topological polar surface area (TPSA) is 86.0 Å². The monoisotopic (exact) mass is 350 g/mol. The number of pyridine rings is 2. The maximum absolute atomic E-state index is 12.7. The van der Waals surface area contributed by atoms with Crippen molar-refractivity contribution < 1.29 is 9.53 Å². The predicted octanol–water partition coefficient (Wildman–Crippen LogP) is 1.86. The van der Waals surface area contributed by atoms with Crippen LogP contribution in [-0.2, 0) is 13.2 Å². The molecule has 1 aliphatic heterocycles. The first-order valence-corrected chi connectivity index (χ1v) is 8.41. The van der Waals surface area contributed by atoms with E-state index in [1.54, 1.807) is 41.7 Å². The molecule has 8 heteroatoms. The summed E-state index contributed by atoms with van der Waals surface area (Å²) < 4.78 is 7.69. The number of rotatable bonds is 4. The summed E-state index contributed by atoms with van der Waals surface area (Å²) in [5.41, 5.74) is 0.575. The molecule has 1 amide bonds. The van der Waals surface area contributed by atoms with Crippen LogP contribution in [0.1, 0.15) is 35.0 Å². The molecule has 0 saturated carbocycles. The van der Waals surface area contributed by atoms with E-state index in [1.807, 2.05) is 23.6 Å². The van der Waals surface area contributed by atoms with Gasteiger partial charge in [0, 0.05) is 37.7 Å². The Hall–Kier alpha value is -3.29. The predicted molar refractivity (Wildman–Crippen MR) is 92.3 cm³/mol. The van der Waals surface area contributed by atoms with Gasteiger partial charge in [-0.05, 0) is 25.1 Å². The molecule has 0 bridgehead atoms. The number of carbonyl (C=O) groups is 1. The van der Waals surface area contributed by atoms with Gasteiger partial charge >= 0.3 is 0 Å². The van der Waals surface area contributed by atoms with Gasteiger partial charge in [0.05, 0.1) is 11.6 Å². The molecule has 3 aromatic heterocycles. The number of hydrogen-bond donors (Lipinski definition) is 0. The second-order valence-electron chi connectivity index (χ2n) is 6.00. The molecular formula is C18H18N6O2. The molecule has 1 unspecified atom stereocenters. The van der Waals surface area contributed by atoms with Gasteiger partial charge in [-0.15, -0.1) is 10.2 Å². The lowest BCUT2D eigenvalue weighted by Gasteiger charge is -2.33. The van der Waals surface area contributed by atoms with Crippen molar-refractivity contribution >= 4 is 5.91 Å². The van der Waals surface area contributed by atoms with Crippen LogP contribution < -0.4 is 4.74 Å². The van der Waals surface area contributed by atoms with E-state index in [2.05, 4.69) is 20.2 Å². The maximum atomic E-state index is 12.7. The average Bonchev–Trinajstić information content (AvgIpc) is 3.12. The van der Waals surface area contributed by atoms with E-state index in [-0.39, 0.29) is 18.6 Å². The third kappa shape index (κ3) is 3.01. The minimum atomic E-state index is -0.174. The Kier molecular flexibility index (Phi) is 4.30. The molecule has 0 radical (unpaired) electrons. The Morgan fingerprint density at radius 2 is 2.12 bits per heavy atom. The fourth-order valence-electron chi connectivity index (χ4n) is 3.05. The van der Waals surface area contributed by atoms with Gasteiger partial charge in [-0.1, -0.05) is 6.07 Å². The van der Waals surface area contributed by atoms with Gasteiger partial charge in [0.1, 0.15) is 6.61 Å². The fraction of sp³-hybridized carbons (Fsp3) is 0.278. The van der Waals surface area contributed by atoms with E-state index in [9.17, 15) is 4.79 Å². The zero-order valence-electron chi connectivity index (χ0n) is 14.3. The van der Waals surface area contributed by atoms with Gasteiger partial charge in [0.2, 0.25) is 5.88 Å². The molecular weight excluding hydrogens is 332 g/mol. The molecule has 0 N–H and O–H groups in total. The van der Waals surface area contributed by atoms with Gasteiger partial charge in [-0.25, -0.2) is 4.98 Å². The zero-order chi connectivity index (χ0) is 17.9. The smallest absolute Gasteiger partial charge is 0.256 e. The molecule has 3 aromatic rings. The Labute approximate surface area is 150 Å². The van der Waals surface area contributed by atoms with Crippen molar-refractivity contribution in [1.82, 2.24) is 29.6 Å². The molecule has 26 heavy (non-hydrogen) atoms. The highest BCUT2D eigenvalue weighted by Crippen LogP contribution is 2.26. The largest absolute Gasteiger partial charge is 0.469 e. The maximum Gasteiger partial charge on any atom is 0.256 e. The number of aromatic nitrogens is 5. The number of nitrogens with zero attached hydrogens (tertiary/aromatic N) is 6. The van der Waals surface area contributed by atoms with E-state index in [0.29, 0.717) is 24.5 Å². The SMILES string of the molecule is CC1c2nnc(COc3ccccn3)n2CCN1C(=O)c1cccnc1. The van der Waals surface area contributed by atoms with Crippen molar-refractivity contribution in [3.8, 4) is 5.88 Å². The molecule has 0 spiro atoms. The van der Waals surface area contributed by atoms with Crippen molar-refractivity contribution in [2.75, 3.05) is 6.54 Å². The third-order valence-corrected chi connectivity index (χ3v) is 4.42. The number of ether oxygens (including phenoxy) is 1. The van der Waals surface area contributed by atoms with Gasteiger partial charge in [-0.2, -0.15) is 0 Å². The van der Waals surface area contributed by atoms with Crippen molar-refractivity contribution in [2.24, 2.45) is 0 Å². The first kappa shape index (κ1) is 16.2.